The van der Waals surface area contributed by atoms with Gasteiger partial charge in [0.2, 0.25) is 0 Å². The molecule has 0 aliphatic rings. The Morgan fingerprint density at radius 1 is 0.706 bits per heavy atom. The molecule has 0 saturated carbocycles. The number of nitrogens with two attached hydrogens (primary N) is 2. The molecular weight excluding hydrogens is 317 g/mol. The van der Waals surface area contributed by atoms with E-state index in [-0.39, 0.29) is 31.0 Å². The largest absolute Gasteiger partial charge is 1.00 e. The van der Waals surface area contributed by atoms with Crippen LogP contribution in [0.5, 0.6) is 0 Å². The van der Waals surface area contributed by atoms with Gasteiger partial charge < -0.3 is 1.43 Å². The summed E-state index contributed by atoms with van der Waals surface area (Å²) in [7, 11) is -10.7. The second-order valence-corrected chi connectivity index (χ2v) is 5.09. The number of hydrogen-bond donors (Lipinski definition) is 2. The standard InChI is InChI=1S/2CH2F3NO2S.Na.H/c2*2-1(3,4)8(5,6)7;;/h2*(H2,5,6,7);;/q;;+1;-1. The Hall–Kier alpha value is 0.400. The van der Waals surface area contributed by atoms with Gasteiger partial charge in [-0.3, -0.25) is 0 Å². The molecule has 0 bridgehead atoms. The molecule has 0 spiro atoms. The molecule has 0 rings (SSSR count). The molecule has 15 heteroatoms. The number of alkyl halides is 6. The smallest absolute Gasteiger partial charge is 1.00 e. The van der Waals surface area contributed by atoms with Crippen LogP contribution in [0.3, 0.4) is 0 Å². The van der Waals surface area contributed by atoms with E-state index in [4.69, 9.17) is 0 Å². The summed E-state index contributed by atoms with van der Waals surface area (Å²) >= 11 is 0. The van der Waals surface area contributed by atoms with E-state index < -0.39 is 31.1 Å². The predicted molar refractivity (Wildman–Crippen MR) is 39.4 cm³/mol. The minimum Gasteiger partial charge on any atom is -1.00 e. The molecule has 0 aliphatic heterocycles. The third-order valence-corrected chi connectivity index (χ3v) is 1.94. The third kappa shape index (κ3) is 10.0. The van der Waals surface area contributed by atoms with Crippen molar-refractivity contribution in [1.82, 2.24) is 0 Å². The first-order valence-electron chi connectivity index (χ1n) is 2.68. The molecule has 0 aromatic rings. The van der Waals surface area contributed by atoms with Gasteiger partial charge in [0, 0.05) is 0 Å². The van der Waals surface area contributed by atoms with Gasteiger partial charge in [0.25, 0.3) is 0 Å². The monoisotopic (exact) mass is 322 g/mol. The maximum atomic E-state index is 10.8. The Labute approximate surface area is 115 Å². The van der Waals surface area contributed by atoms with Gasteiger partial charge >= 0.3 is 60.6 Å². The van der Waals surface area contributed by atoms with E-state index in [0.29, 0.717) is 0 Å². The van der Waals surface area contributed by atoms with Crippen molar-refractivity contribution in [3.63, 3.8) is 0 Å². The minimum atomic E-state index is -5.34. The van der Waals surface area contributed by atoms with Crippen molar-refractivity contribution in [2.45, 2.75) is 11.0 Å². The van der Waals surface area contributed by atoms with E-state index >= 15 is 0 Å². The van der Waals surface area contributed by atoms with Crippen molar-refractivity contribution < 1.29 is 74.2 Å². The first-order valence-corrected chi connectivity index (χ1v) is 5.77. The molecule has 0 unspecified atom stereocenters. The van der Waals surface area contributed by atoms with Gasteiger partial charge in [-0.2, -0.15) is 26.3 Å². The Bertz CT molecular complexity index is 385. The topological polar surface area (TPSA) is 120 Å². The van der Waals surface area contributed by atoms with E-state index in [1.807, 2.05) is 0 Å². The molecule has 0 amide bonds. The molecule has 0 aromatic carbocycles. The molecule has 0 fully saturated rings. The number of sulfonamides is 2. The van der Waals surface area contributed by atoms with E-state index in [1.165, 1.54) is 0 Å². The Kier molecular flexibility index (Phi) is 8.67. The van der Waals surface area contributed by atoms with Crippen LogP contribution in [0, 0.1) is 0 Å². The molecular formula is C2H5F6N2NaO4S2. The van der Waals surface area contributed by atoms with Crippen molar-refractivity contribution in [2.75, 3.05) is 0 Å². The molecule has 6 nitrogen and oxygen atoms in total. The van der Waals surface area contributed by atoms with Crippen LogP contribution < -0.4 is 39.8 Å². The van der Waals surface area contributed by atoms with Crippen LogP contribution in [0.15, 0.2) is 0 Å². The van der Waals surface area contributed by atoms with Crippen LogP contribution in [0.1, 0.15) is 1.43 Å². The molecule has 0 aliphatic carbocycles. The van der Waals surface area contributed by atoms with Gasteiger partial charge in [-0.05, 0) is 0 Å². The summed E-state index contributed by atoms with van der Waals surface area (Å²) in [6.07, 6.45) is 0. The van der Waals surface area contributed by atoms with Gasteiger partial charge in [-0.1, -0.05) is 0 Å². The van der Waals surface area contributed by atoms with Gasteiger partial charge in [0.1, 0.15) is 0 Å². The average Bonchev–Trinajstić information content (AvgIpc) is 1.77. The van der Waals surface area contributed by atoms with E-state index in [2.05, 4.69) is 10.3 Å². The predicted octanol–water partition coefficient (Wildman–Crippen LogP) is -3.29. The SMILES string of the molecule is NS(=O)(=O)C(F)(F)F.NS(=O)(=O)C(F)(F)F.[H-].[Na+]. The number of primary sulfonamides is 2. The van der Waals surface area contributed by atoms with Crippen LogP contribution >= 0.6 is 0 Å². The van der Waals surface area contributed by atoms with Gasteiger partial charge in [0.15, 0.2) is 0 Å². The van der Waals surface area contributed by atoms with E-state index in [9.17, 15) is 43.2 Å². The molecule has 17 heavy (non-hydrogen) atoms. The zero-order valence-electron chi connectivity index (χ0n) is 8.87. The van der Waals surface area contributed by atoms with Crippen molar-refractivity contribution in [3.05, 3.63) is 0 Å². The Balaban J connectivity index is -0.0000000980. The van der Waals surface area contributed by atoms with Crippen LogP contribution in [0.2, 0.25) is 0 Å². The molecule has 102 valence electrons. The number of rotatable bonds is 0. The van der Waals surface area contributed by atoms with Gasteiger partial charge in [0.05, 0.1) is 0 Å². The van der Waals surface area contributed by atoms with E-state index in [1.54, 1.807) is 0 Å². The summed E-state index contributed by atoms with van der Waals surface area (Å²) in [6, 6.07) is 0. The molecule has 0 heterocycles. The molecule has 0 atom stereocenters. The zero-order valence-corrected chi connectivity index (χ0v) is 11.5. The summed E-state index contributed by atoms with van der Waals surface area (Å²) in [6.45, 7) is 0. The van der Waals surface area contributed by atoms with Crippen LogP contribution in [-0.2, 0) is 20.0 Å². The second-order valence-electron chi connectivity index (χ2n) is 1.98. The molecule has 0 radical (unpaired) electrons. The summed E-state index contributed by atoms with van der Waals surface area (Å²) in [5, 5.41) is 7.32. The Morgan fingerprint density at radius 3 is 0.765 bits per heavy atom. The normalized spacial score (nSPS) is 13.2. The fourth-order valence-electron chi connectivity index (χ4n) is 0. The van der Waals surface area contributed by atoms with Crippen molar-refractivity contribution in [2.24, 2.45) is 10.3 Å². The first kappa shape index (κ1) is 22.6. The molecule has 0 saturated heterocycles. The molecule has 0 aromatic heterocycles. The third-order valence-electron chi connectivity index (χ3n) is 0.645. The first-order chi connectivity index (χ1) is 6.50. The summed E-state index contributed by atoms with van der Waals surface area (Å²) in [4.78, 5) is 0. The second kappa shape index (κ2) is 6.53. The Morgan fingerprint density at radius 2 is 0.765 bits per heavy atom. The molecule has 4 N–H and O–H groups in total. The van der Waals surface area contributed by atoms with Crippen LogP contribution in [0.4, 0.5) is 26.3 Å². The summed E-state index contributed by atoms with van der Waals surface area (Å²) < 4.78 is 102. The van der Waals surface area contributed by atoms with Crippen LogP contribution in [0.25, 0.3) is 0 Å². The average molecular weight is 322 g/mol. The maximum absolute atomic E-state index is 10.8. The number of hydrogen-bond acceptors (Lipinski definition) is 4. The fourth-order valence-corrected chi connectivity index (χ4v) is 0. The number of halogens is 6. The van der Waals surface area contributed by atoms with Gasteiger partial charge in [-0.15, -0.1) is 0 Å². The fraction of sp³-hybridized carbons (Fsp3) is 1.00. The summed E-state index contributed by atoms with van der Waals surface area (Å²) in [5.74, 6) is 0. The van der Waals surface area contributed by atoms with Gasteiger partial charge in [-0.25, -0.2) is 27.1 Å². The summed E-state index contributed by atoms with van der Waals surface area (Å²) in [5.41, 5.74) is -10.6. The van der Waals surface area contributed by atoms with Crippen molar-refractivity contribution in [3.8, 4) is 0 Å². The maximum Gasteiger partial charge on any atom is 1.00 e. The van der Waals surface area contributed by atoms with E-state index in [0.717, 1.165) is 0 Å². The minimum absolute atomic E-state index is 0. The van der Waals surface area contributed by atoms with Crippen LogP contribution in [-0.4, -0.2) is 27.9 Å². The van der Waals surface area contributed by atoms with Crippen molar-refractivity contribution in [1.29, 1.82) is 0 Å². The quantitative estimate of drug-likeness (QED) is 0.359. The zero-order chi connectivity index (χ0) is 14.0. The van der Waals surface area contributed by atoms with Crippen molar-refractivity contribution >= 4 is 20.0 Å².